The molecule has 1 heterocycles. The Bertz CT molecular complexity index is 741. The average Bonchev–Trinajstić information content (AvgIpc) is 2.62. The third kappa shape index (κ3) is 4.58. The van der Waals surface area contributed by atoms with Crippen LogP contribution in [0.1, 0.15) is 12.5 Å². The summed E-state index contributed by atoms with van der Waals surface area (Å²) in [5.41, 5.74) is 2.12. The Morgan fingerprint density at radius 3 is 2.72 bits per heavy atom. The maximum Gasteiger partial charge on any atom is 0.410 e. The summed E-state index contributed by atoms with van der Waals surface area (Å²) in [5, 5.41) is 0.729. The second-order valence-electron chi connectivity index (χ2n) is 6.12. The number of hydrogen-bond donors (Lipinski definition) is 0. The molecule has 6 heteroatoms. The zero-order valence-electron chi connectivity index (χ0n) is 14.0. The van der Waals surface area contributed by atoms with Crippen LogP contribution in [0.3, 0.4) is 0 Å². The molecule has 1 amide bonds. The molecule has 0 aliphatic carbocycles. The van der Waals surface area contributed by atoms with Gasteiger partial charge in [0.2, 0.25) is 0 Å². The number of piperazine rings is 1. The summed E-state index contributed by atoms with van der Waals surface area (Å²) in [6.45, 7) is 4.52. The van der Waals surface area contributed by atoms with Crippen LogP contribution in [0.15, 0.2) is 48.5 Å². The van der Waals surface area contributed by atoms with E-state index in [1.807, 2.05) is 55.5 Å². The minimum absolute atomic E-state index is 0.0757. The van der Waals surface area contributed by atoms with Crippen LogP contribution in [-0.2, 0) is 11.3 Å². The molecule has 1 saturated heterocycles. The number of hydrogen-bond acceptors (Lipinski definition) is 3. The summed E-state index contributed by atoms with van der Waals surface area (Å²) in [4.78, 5) is 16.5. The lowest BCUT2D eigenvalue weighted by atomic mass is 10.1. The van der Waals surface area contributed by atoms with E-state index < -0.39 is 0 Å². The van der Waals surface area contributed by atoms with Crippen molar-refractivity contribution < 1.29 is 9.53 Å². The number of nitrogens with zero attached hydrogens (tertiary/aromatic N) is 2. The van der Waals surface area contributed by atoms with E-state index in [1.54, 1.807) is 4.90 Å². The molecule has 0 N–H and O–H groups in total. The SMILES string of the molecule is C[C@@H]1CN(c2cc(Cl)ccc2I)CCN1C(=O)OCc1ccccc1. The Hall–Kier alpha value is -1.47. The molecule has 25 heavy (non-hydrogen) atoms. The number of amides is 1. The lowest BCUT2D eigenvalue weighted by Crippen LogP contribution is -2.54. The Balaban J connectivity index is 1.59. The van der Waals surface area contributed by atoms with Gasteiger partial charge in [0.1, 0.15) is 6.61 Å². The Kier molecular flexibility index (Phi) is 6.06. The number of anilines is 1. The van der Waals surface area contributed by atoms with E-state index in [1.165, 1.54) is 0 Å². The number of benzene rings is 2. The van der Waals surface area contributed by atoms with Gasteiger partial charge in [-0.1, -0.05) is 41.9 Å². The van der Waals surface area contributed by atoms with Gasteiger partial charge in [-0.25, -0.2) is 4.79 Å². The molecule has 0 radical (unpaired) electrons. The summed E-state index contributed by atoms with van der Waals surface area (Å²) >= 11 is 8.46. The van der Waals surface area contributed by atoms with Crippen molar-refractivity contribution in [2.75, 3.05) is 24.5 Å². The number of rotatable bonds is 3. The minimum Gasteiger partial charge on any atom is -0.445 e. The van der Waals surface area contributed by atoms with Gasteiger partial charge in [0, 0.05) is 34.3 Å². The van der Waals surface area contributed by atoms with Crippen LogP contribution in [0, 0.1) is 3.57 Å². The van der Waals surface area contributed by atoms with E-state index in [4.69, 9.17) is 16.3 Å². The van der Waals surface area contributed by atoms with Crippen LogP contribution in [-0.4, -0.2) is 36.7 Å². The number of carbonyl (C=O) groups is 1. The highest BCUT2D eigenvalue weighted by Gasteiger charge is 2.29. The van der Waals surface area contributed by atoms with Gasteiger partial charge < -0.3 is 14.5 Å². The van der Waals surface area contributed by atoms with Crippen LogP contribution in [0.4, 0.5) is 10.5 Å². The number of halogens is 2. The van der Waals surface area contributed by atoms with Crippen molar-refractivity contribution in [3.05, 3.63) is 62.7 Å². The van der Waals surface area contributed by atoms with Crippen molar-refractivity contribution in [1.29, 1.82) is 0 Å². The maximum atomic E-state index is 12.4. The predicted octanol–water partition coefficient (Wildman–Crippen LogP) is 4.79. The van der Waals surface area contributed by atoms with Gasteiger partial charge in [0.15, 0.2) is 0 Å². The predicted molar refractivity (Wildman–Crippen MR) is 109 cm³/mol. The molecule has 0 spiro atoms. The fourth-order valence-electron chi connectivity index (χ4n) is 2.98. The molecular formula is C19H20ClIN2O2. The van der Waals surface area contributed by atoms with Gasteiger partial charge in [0.05, 0.1) is 5.69 Å². The van der Waals surface area contributed by atoms with Crippen LogP contribution in [0.25, 0.3) is 0 Å². The first kappa shape index (κ1) is 18.3. The molecule has 0 aromatic heterocycles. The van der Waals surface area contributed by atoms with Crippen LogP contribution < -0.4 is 4.90 Å². The Morgan fingerprint density at radius 1 is 1.24 bits per heavy atom. The van der Waals surface area contributed by atoms with E-state index in [-0.39, 0.29) is 12.1 Å². The average molecular weight is 471 g/mol. The van der Waals surface area contributed by atoms with Gasteiger partial charge in [-0.15, -0.1) is 0 Å². The Labute approximate surface area is 166 Å². The van der Waals surface area contributed by atoms with Crippen molar-refractivity contribution in [2.24, 2.45) is 0 Å². The zero-order valence-corrected chi connectivity index (χ0v) is 16.9. The molecular weight excluding hydrogens is 451 g/mol. The molecule has 1 aliphatic rings. The summed E-state index contributed by atoms with van der Waals surface area (Å²) in [6, 6.07) is 15.7. The molecule has 0 saturated carbocycles. The molecule has 3 rings (SSSR count). The molecule has 4 nitrogen and oxygen atoms in total. The highest BCUT2D eigenvalue weighted by atomic mass is 127. The van der Waals surface area contributed by atoms with Gasteiger partial charge >= 0.3 is 6.09 Å². The van der Waals surface area contributed by atoms with Crippen molar-refractivity contribution in [3.8, 4) is 0 Å². The standard InChI is InChI=1S/C19H20ClIN2O2/c1-14-12-22(18-11-16(20)7-8-17(18)21)9-10-23(14)19(24)25-13-15-5-3-2-4-6-15/h2-8,11,14H,9-10,12-13H2,1H3/t14-/m1/s1. The topological polar surface area (TPSA) is 32.8 Å². The van der Waals surface area contributed by atoms with Crippen molar-refractivity contribution in [3.63, 3.8) is 0 Å². The van der Waals surface area contributed by atoms with Gasteiger partial charge in [0.25, 0.3) is 0 Å². The first-order chi connectivity index (χ1) is 12.0. The molecule has 1 atom stereocenters. The van der Waals surface area contributed by atoms with Gasteiger partial charge in [-0.3, -0.25) is 0 Å². The van der Waals surface area contributed by atoms with E-state index in [2.05, 4.69) is 27.5 Å². The van der Waals surface area contributed by atoms with Crippen molar-refractivity contribution in [2.45, 2.75) is 19.6 Å². The monoisotopic (exact) mass is 470 g/mol. The second-order valence-corrected chi connectivity index (χ2v) is 7.72. The highest BCUT2D eigenvalue weighted by molar-refractivity contribution is 14.1. The fourth-order valence-corrected chi connectivity index (χ4v) is 3.82. The van der Waals surface area contributed by atoms with Gasteiger partial charge in [-0.2, -0.15) is 0 Å². The summed E-state index contributed by atoms with van der Waals surface area (Å²) in [5.74, 6) is 0. The van der Waals surface area contributed by atoms with Crippen molar-refractivity contribution in [1.82, 2.24) is 4.90 Å². The summed E-state index contributed by atoms with van der Waals surface area (Å²) in [6.07, 6.45) is -0.253. The lowest BCUT2D eigenvalue weighted by Gasteiger charge is -2.40. The third-order valence-electron chi connectivity index (χ3n) is 4.32. The second kappa shape index (κ2) is 8.27. The number of carbonyl (C=O) groups excluding carboxylic acids is 1. The number of ether oxygens (including phenoxy) is 1. The van der Waals surface area contributed by atoms with E-state index in [0.717, 1.165) is 32.9 Å². The maximum absolute atomic E-state index is 12.4. The summed E-state index contributed by atoms with van der Waals surface area (Å²) in [7, 11) is 0. The largest absolute Gasteiger partial charge is 0.445 e. The molecule has 1 fully saturated rings. The zero-order chi connectivity index (χ0) is 17.8. The van der Waals surface area contributed by atoms with Gasteiger partial charge in [-0.05, 0) is 53.3 Å². The lowest BCUT2D eigenvalue weighted by molar-refractivity contribution is 0.0795. The first-order valence-electron chi connectivity index (χ1n) is 8.22. The first-order valence-corrected chi connectivity index (χ1v) is 9.67. The fraction of sp³-hybridized carbons (Fsp3) is 0.316. The van der Waals surface area contributed by atoms with Crippen LogP contribution in [0.2, 0.25) is 5.02 Å². The minimum atomic E-state index is -0.253. The van der Waals surface area contributed by atoms with E-state index in [9.17, 15) is 4.79 Å². The molecule has 2 aromatic carbocycles. The molecule has 1 aliphatic heterocycles. The van der Waals surface area contributed by atoms with Crippen LogP contribution in [0.5, 0.6) is 0 Å². The Morgan fingerprint density at radius 2 is 2.00 bits per heavy atom. The normalized spacial score (nSPS) is 17.5. The highest BCUT2D eigenvalue weighted by Crippen LogP contribution is 2.28. The summed E-state index contributed by atoms with van der Waals surface area (Å²) < 4.78 is 6.63. The molecule has 0 unspecified atom stereocenters. The van der Waals surface area contributed by atoms with Crippen LogP contribution >= 0.6 is 34.2 Å². The third-order valence-corrected chi connectivity index (χ3v) is 5.46. The molecule has 132 valence electrons. The smallest absolute Gasteiger partial charge is 0.410 e. The quantitative estimate of drug-likeness (QED) is 0.605. The van der Waals surface area contributed by atoms with Crippen molar-refractivity contribution >= 4 is 46.0 Å². The molecule has 2 aromatic rings. The van der Waals surface area contributed by atoms with E-state index >= 15 is 0 Å². The molecule has 0 bridgehead atoms. The van der Waals surface area contributed by atoms with E-state index in [0.29, 0.717) is 13.2 Å².